The molecule has 0 amide bonds. The number of hydrogen-bond donors (Lipinski definition) is 0. The first-order valence-electron chi connectivity index (χ1n) is 8.88. The second kappa shape index (κ2) is 10.6. The average Bonchev–Trinajstić information content (AvgIpc) is 2.69. The Labute approximate surface area is 164 Å². The molecule has 0 aromatic heterocycles. The number of carbonyl (C=O) groups excluding carboxylic acids is 2. The maximum Gasteiger partial charge on any atom is 0.343 e. The molecule has 6 heteroatoms. The molecule has 0 saturated heterocycles. The summed E-state index contributed by atoms with van der Waals surface area (Å²) in [5.74, 6) is -0.429. The Balaban J connectivity index is 1.99. The molecular weight excluding hydrogens is 368 g/mol. The number of rotatable bonds is 9. The molecule has 0 radical (unpaired) electrons. The smallest absolute Gasteiger partial charge is 0.343 e. The van der Waals surface area contributed by atoms with Gasteiger partial charge in [0.05, 0.1) is 19.3 Å². The van der Waals surface area contributed by atoms with Gasteiger partial charge >= 0.3 is 11.9 Å². The predicted molar refractivity (Wildman–Crippen MR) is 104 cm³/mol. The normalized spacial score (nSPS) is 10.3. The van der Waals surface area contributed by atoms with E-state index in [1.54, 1.807) is 24.3 Å². The van der Waals surface area contributed by atoms with Crippen LogP contribution in [0.4, 0.5) is 0 Å². The van der Waals surface area contributed by atoms with Gasteiger partial charge in [-0.3, -0.25) is 0 Å². The van der Waals surface area contributed by atoms with Gasteiger partial charge in [0.25, 0.3) is 0 Å². The summed E-state index contributed by atoms with van der Waals surface area (Å²) in [5, 5.41) is 0.343. The van der Waals surface area contributed by atoms with Crippen LogP contribution in [0.15, 0.2) is 42.5 Å². The Morgan fingerprint density at radius 1 is 0.963 bits per heavy atom. The van der Waals surface area contributed by atoms with Crippen LogP contribution in [0.2, 0.25) is 5.02 Å². The standard InChI is InChI=1S/C21H23ClO5/c1-3-4-5-6-13-26-17-10-7-15(8-11-17)20(23)27-19-12-9-16(22)14-18(19)21(24)25-2/h7-12,14H,3-6,13H2,1-2H3. The second-order valence-electron chi connectivity index (χ2n) is 5.96. The van der Waals surface area contributed by atoms with Gasteiger partial charge in [0.2, 0.25) is 0 Å². The van der Waals surface area contributed by atoms with Crippen LogP contribution >= 0.6 is 11.6 Å². The van der Waals surface area contributed by atoms with Crippen molar-refractivity contribution in [2.75, 3.05) is 13.7 Å². The zero-order valence-corrected chi connectivity index (χ0v) is 16.3. The van der Waals surface area contributed by atoms with Gasteiger partial charge in [0.15, 0.2) is 0 Å². The first-order valence-corrected chi connectivity index (χ1v) is 9.26. The summed E-state index contributed by atoms with van der Waals surface area (Å²) in [6.07, 6.45) is 4.53. The lowest BCUT2D eigenvalue weighted by Gasteiger charge is -2.10. The summed E-state index contributed by atoms with van der Waals surface area (Å²) < 4.78 is 15.7. The van der Waals surface area contributed by atoms with Crippen LogP contribution in [0.25, 0.3) is 0 Å². The highest BCUT2D eigenvalue weighted by Gasteiger charge is 2.17. The molecule has 0 fully saturated rings. The van der Waals surface area contributed by atoms with Crippen molar-refractivity contribution in [1.29, 1.82) is 0 Å². The number of ether oxygens (including phenoxy) is 3. The zero-order chi connectivity index (χ0) is 19.6. The highest BCUT2D eigenvalue weighted by molar-refractivity contribution is 6.31. The van der Waals surface area contributed by atoms with Crippen molar-refractivity contribution in [3.05, 3.63) is 58.6 Å². The van der Waals surface area contributed by atoms with Gasteiger partial charge in [-0.05, 0) is 48.9 Å². The number of benzene rings is 2. The molecule has 5 nitrogen and oxygen atoms in total. The van der Waals surface area contributed by atoms with E-state index in [9.17, 15) is 9.59 Å². The fourth-order valence-electron chi connectivity index (χ4n) is 2.43. The van der Waals surface area contributed by atoms with Crippen molar-refractivity contribution < 1.29 is 23.8 Å². The van der Waals surface area contributed by atoms with Crippen LogP contribution in [0.5, 0.6) is 11.5 Å². The van der Waals surface area contributed by atoms with Gasteiger partial charge in [-0.2, -0.15) is 0 Å². The number of unbranched alkanes of at least 4 members (excludes halogenated alkanes) is 3. The third-order valence-electron chi connectivity index (χ3n) is 3.91. The Morgan fingerprint density at radius 2 is 1.70 bits per heavy atom. The quantitative estimate of drug-likeness (QED) is 0.330. The second-order valence-corrected chi connectivity index (χ2v) is 6.39. The van der Waals surface area contributed by atoms with Crippen LogP contribution in [-0.4, -0.2) is 25.7 Å². The summed E-state index contributed by atoms with van der Waals surface area (Å²) in [4.78, 5) is 24.2. The number of hydrogen-bond acceptors (Lipinski definition) is 5. The lowest BCUT2D eigenvalue weighted by Crippen LogP contribution is -2.12. The molecule has 0 saturated carbocycles. The third-order valence-corrected chi connectivity index (χ3v) is 4.14. The van der Waals surface area contributed by atoms with Crippen LogP contribution in [0.3, 0.4) is 0 Å². The molecule has 0 bridgehead atoms. The maximum atomic E-state index is 12.4. The molecule has 0 aliphatic rings. The number of methoxy groups -OCH3 is 1. The van der Waals surface area contributed by atoms with Gasteiger partial charge in [0.1, 0.15) is 17.1 Å². The van der Waals surface area contributed by atoms with Gasteiger partial charge in [0, 0.05) is 5.02 Å². The highest BCUT2D eigenvalue weighted by atomic mass is 35.5. The molecule has 144 valence electrons. The van der Waals surface area contributed by atoms with Crippen LogP contribution in [0.1, 0.15) is 53.3 Å². The zero-order valence-electron chi connectivity index (χ0n) is 15.5. The summed E-state index contributed by atoms with van der Waals surface area (Å²) in [6.45, 7) is 2.81. The van der Waals surface area contributed by atoms with Crippen LogP contribution in [-0.2, 0) is 4.74 Å². The minimum absolute atomic E-state index is 0.0883. The summed E-state index contributed by atoms with van der Waals surface area (Å²) in [7, 11) is 1.25. The Hall–Kier alpha value is -2.53. The van der Waals surface area contributed by atoms with E-state index in [0.29, 0.717) is 22.9 Å². The van der Waals surface area contributed by atoms with Gasteiger partial charge in [-0.15, -0.1) is 0 Å². The van der Waals surface area contributed by atoms with Crippen molar-refractivity contribution in [3.63, 3.8) is 0 Å². The number of halogens is 1. The van der Waals surface area contributed by atoms with Crippen molar-refractivity contribution >= 4 is 23.5 Å². The van der Waals surface area contributed by atoms with Crippen molar-refractivity contribution in [2.24, 2.45) is 0 Å². The fourth-order valence-corrected chi connectivity index (χ4v) is 2.60. The maximum absolute atomic E-state index is 12.4. The monoisotopic (exact) mass is 390 g/mol. The van der Waals surface area contributed by atoms with Crippen molar-refractivity contribution in [3.8, 4) is 11.5 Å². The Kier molecular flexibility index (Phi) is 8.14. The van der Waals surface area contributed by atoms with Crippen molar-refractivity contribution in [2.45, 2.75) is 32.6 Å². The molecule has 0 heterocycles. The first kappa shape index (κ1) is 20.8. The van der Waals surface area contributed by atoms with Crippen molar-refractivity contribution in [1.82, 2.24) is 0 Å². The van der Waals surface area contributed by atoms with E-state index in [1.807, 2.05) is 0 Å². The number of carbonyl (C=O) groups is 2. The third kappa shape index (κ3) is 6.29. The predicted octanol–water partition coefficient (Wildman–Crippen LogP) is 5.30. The minimum Gasteiger partial charge on any atom is -0.494 e. The Morgan fingerprint density at radius 3 is 2.37 bits per heavy atom. The SMILES string of the molecule is CCCCCCOc1ccc(C(=O)Oc2ccc(Cl)cc2C(=O)OC)cc1. The van der Waals surface area contributed by atoms with E-state index >= 15 is 0 Å². The van der Waals surface area contributed by atoms with E-state index in [0.717, 1.165) is 12.8 Å². The average molecular weight is 391 g/mol. The molecule has 2 rings (SSSR count). The summed E-state index contributed by atoms with van der Waals surface area (Å²) >= 11 is 5.90. The molecule has 2 aromatic rings. The number of esters is 2. The molecule has 0 atom stereocenters. The molecule has 0 aliphatic carbocycles. The van der Waals surface area contributed by atoms with E-state index in [1.165, 1.54) is 38.2 Å². The highest BCUT2D eigenvalue weighted by Crippen LogP contribution is 2.25. The molecule has 0 spiro atoms. The molecule has 0 aliphatic heterocycles. The summed E-state index contributed by atoms with van der Waals surface area (Å²) in [5.41, 5.74) is 0.435. The fraction of sp³-hybridized carbons (Fsp3) is 0.333. The molecular formula is C21H23ClO5. The lowest BCUT2D eigenvalue weighted by atomic mass is 10.2. The van der Waals surface area contributed by atoms with Gasteiger partial charge in [-0.1, -0.05) is 37.8 Å². The molecule has 27 heavy (non-hydrogen) atoms. The Bertz CT molecular complexity index is 771. The van der Waals surface area contributed by atoms with Crippen LogP contribution < -0.4 is 9.47 Å². The first-order chi connectivity index (χ1) is 13.0. The lowest BCUT2D eigenvalue weighted by molar-refractivity contribution is 0.0593. The van der Waals surface area contributed by atoms with Gasteiger partial charge < -0.3 is 14.2 Å². The van der Waals surface area contributed by atoms with E-state index in [2.05, 4.69) is 6.92 Å². The van der Waals surface area contributed by atoms with E-state index in [4.69, 9.17) is 25.8 Å². The van der Waals surface area contributed by atoms with Crippen LogP contribution in [0, 0.1) is 0 Å². The topological polar surface area (TPSA) is 61.8 Å². The van der Waals surface area contributed by atoms with Gasteiger partial charge in [-0.25, -0.2) is 9.59 Å². The minimum atomic E-state index is -0.632. The largest absolute Gasteiger partial charge is 0.494 e. The van der Waals surface area contributed by atoms with E-state index in [-0.39, 0.29) is 11.3 Å². The molecule has 2 aromatic carbocycles. The molecule has 0 N–H and O–H groups in total. The summed E-state index contributed by atoms with van der Waals surface area (Å²) in [6, 6.07) is 11.1. The molecule has 0 unspecified atom stereocenters. The van der Waals surface area contributed by atoms with E-state index < -0.39 is 11.9 Å².